The lowest BCUT2D eigenvalue weighted by Crippen LogP contribution is -2.33. The summed E-state index contributed by atoms with van der Waals surface area (Å²) in [5.74, 6) is -0.845. The summed E-state index contributed by atoms with van der Waals surface area (Å²) in [6.07, 6.45) is 2.34. The summed E-state index contributed by atoms with van der Waals surface area (Å²) in [6.45, 7) is 0.401. The van der Waals surface area contributed by atoms with Gasteiger partial charge in [0, 0.05) is 39.2 Å². The fraction of sp³-hybridized carbons (Fsp3) is 0.438. The molecule has 1 aliphatic heterocycles. The fourth-order valence-corrected chi connectivity index (χ4v) is 3.62. The van der Waals surface area contributed by atoms with Crippen molar-refractivity contribution in [3.63, 3.8) is 0 Å². The predicted molar refractivity (Wildman–Crippen MR) is 89.0 cm³/mol. The van der Waals surface area contributed by atoms with Crippen molar-refractivity contribution in [1.29, 1.82) is 0 Å². The molecule has 23 heavy (non-hydrogen) atoms. The van der Waals surface area contributed by atoms with E-state index < -0.39 is 22.0 Å². The first-order valence-electron chi connectivity index (χ1n) is 7.40. The lowest BCUT2D eigenvalue weighted by atomic mass is 10.1. The average Bonchev–Trinajstić information content (AvgIpc) is 2.86. The molecule has 6 nitrogen and oxygen atoms in total. The first-order valence-corrected chi connectivity index (χ1v) is 9.01. The Morgan fingerprint density at radius 2 is 1.96 bits per heavy atom. The fourth-order valence-electron chi connectivity index (χ4n) is 2.45. The van der Waals surface area contributed by atoms with Gasteiger partial charge in [0.05, 0.1) is 11.9 Å². The number of β-amino-alcohol motifs (C(OH)–C–C–N with tert-alkyl or cyclic N) is 1. The highest BCUT2D eigenvalue weighted by Crippen LogP contribution is 2.20. The lowest BCUT2D eigenvalue weighted by molar-refractivity contribution is -0.125. The van der Waals surface area contributed by atoms with Crippen LogP contribution in [0.4, 0.5) is 0 Å². The maximum Gasteiger partial charge on any atom is 0.246 e. The van der Waals surface area contributed by atoms with Crippen LogP contribution in [0.15, 0.2) is 36.4 Å². The molecule has 1 aromatic rings. The van der Waals surface area contributed by atoms with Crippen molar-refractivity contribution in [3.8, 4) is 0 Å². The summed E-state index contributed by atoms with van der Waals surface area (Å²) < 4.78 is 25.0. The molecular weight excluding hydrogens is 316 g/mol. The number of hydrogen-bond acceptors (Lipinski definition) is 4. The topological polar surface area (TPSA) is 77.9 Å². The van der Waals surface area contributed by atoms with E-state index in [1.54, 1.807) is 6.08 Å². The number of nitrogens with zero attached hydrogens (tertiary/aromatic N) is 2. The molecule has 1 amide bonds. The van der Waals surface area contributed by atoms with Gasteiger partial charge in [-0.2, -0.15) is 0 Å². The number of amides is 1. The second-order valence-electron chi connectivity index (χ2n) is 5.88. The van der Waals surface area contributed by atoms with Crippen molar-refractivity contribution in [2.45, 2.75) is 6.10 Å². The van der Waals surface area contributed by atoms with E-state index in [0.717, 1.165) is 9.87 Å². The van der Waals surface area contributed by atoms with E-state index in [-0.39, 0.29) is 24.7 Å². The van der Waals surface area contributed by atoms with Crippen molar-refractivity contribution in [2.24, 2.45) is 5.92 Å². The number of aliphatic hydroxyl groups excluding tert-OH is 1. The molecule has 0 radical (unpaired) electrons. The van der Waals surface area contributed by atoms with Crippen molar-refractivity contribution >= 4 is 22.0 Å². The number of benzene rings is 1. The molecule has 7 heteroatoms. The molecular formula is C16H22N2O4S. The molecule has 0 saturated carbocycles. The number of hydrogen-bond donors (Lipinski definition) is 1. The molecule has 0 spiro atoms. The Hall–Kier alpha value is -1.70. The predicted octanol–water partition coefficient (Wildman–Crippen LogP) is 0.410. The van der Waals surface area contributed by atoms with E-state index in [0.29, 0.717) is 0 Å². The molecule has 0 unspecified atom stereocenters. The van der Waals surface area contributed by atoms with Crippen molar-refractivity contribution in [1.82, 2.24) is 9.21 Å². The van der Waals surface area contributed by atoms with Gasteiger partial charge >= 0.3 is 0 Å². The Labute approximate surface area is 137 Å². The van der Waals surface area contributed by atoms with E-state index in [2.05, 4.69) is 0 Å². The smallest absolute Gasteiger partial charge is 0.246 e. The molecule has 1 N–H and O–H groups in total. The number of likely N-dealkylation sites (tertiary alicyclic amines) is 1. The zero-order valence-corrected chi connectivity index (χ0v) is 14.1. The maximum atomic E-state index is 12.2. The molecule has 1 saturated heterocycles. The van der Waals surface area contributed by atoms with Gasteiger partial charge in [-0.15, -0.1) is 0 Å². The average molecular weight is 338 g/mol. The molecule has 1 aromatic carbocycles. The molecule has 0 aliphatic carbocycles. The minimum absolute atomic E-state index is 0.158. The van der Waals surface area contributed by atoms with Gasteiger partial charge in [-0.05, 0) is 11.6 Å². The molecule has 126 valence electrons. The third-order valence-corrected chi connectivity index (χ3v) is 5.88. The van der Waals surface area contributed by atoms with Crippen molar-refractivity contribution in [3.05, 3.63) is 42.0 Å². The van der Waals surface area contributed by atoms with Crippen LogP contribution in [-0.2, 0) is 14.8 Å². The first-order chi connectivity index (χ1) is 10.8. The normalized spacial score (nSPS) is 22.2. The summed E-state index contributed by atoms with van der Waals surface area (Å²) in [5, 5.41) is 10.0. The van der Waals surface area contributed by atoms with Gasteiger partial charge in [0.15, 0.2) is 0 Å². The number of carbonyl (C=O) groups excluding carboxylic acids is 1. The Bertz CT molecular complexity index is 671. The van der Waals surface area contributed by atoms with Crippen LogP contribution in [0.2, 0.25) is 0 Å². The van der Waals surface area contributed by atoms with Crippen molar-refractivity contribution in [2.75, 3.05) is 32.9 Å². The molecule has 0 aromatic heterocycles. The second kappa shape index (κ2) is 7.25. The van der Waals surface area contributed by atoms with Crippen LogP contribution in [-0.4, -0.2) is 67.7 Å². The highest BCUT2D eigenvalue weighted by atomic mass is 32.2. The lowest BCUT2D eigenvalue weighted by Gasteiger charge is -2.17. The highest BCUT2D eigenvalue weighted by molar-refractivity contribution is 7.89. The highest BCUT2D eigenvalue weighted by Gasteiger charge is 2.36. The quantitative estimate of drug-likeness (QED) is 0.789. The Morgan fingerprint density at radius 3 is 2.57 bits per heavy atom. The zero-order valence-electron chi connectivity index (χ0n) is 13.3. The van der Waals surface area contributed by atoms with E-state index in [1.165, 1.54) is 25.1 Å². The van der Waals surface area contributed by atoms with Crippen LogP contribution in [0.5, 0.6) is 0 Å². The molecule has 1 fully saturated rings. The monoisotopic (exact) mass is 338 g/mol. The number of sulfonamides is 1. The minimum Gasteiger partial charge on any atom is -0.391 e. The zero-order chi connectivity index (χ0) is 17.0. The summed E-state index contributed by atoms with van der Waals surface area (Å²) in [4.78, 5) is 13.7. The number of carbonyl (C=O) groups is 1. The van der Waals surface area contributed by atoms with Gasteiger partial charge in [0.1, 0.15) is 0 Å². The van der Waals surface area contributed by atoms with E-state index in [9.17, 15) is 18.3 Å². The Balaban J connectivity index is 1.98. The van der Waals surface area contributed by atoms with Gasteiger partial charge in [0.25, 0.3) is 0 Å². The summed E-state index contributed by atoms with van der Waals surface area (Å²) >= 11 is 0. The maximum absolute atomic E-state index is 12.2. The van der Waals surface area contributed by atoms with Gasteiger partial charge in [-0.1, -0.05) is 30.3 Å². The van der Waals surface area contributed by atoms with Gasteiger partial charge in [-0.25, -0.2) is 12.7 Å². The van der Waals surface area contributed by atoms with E-state index >= 15 is 0 Å². The SMILES string of the molecule is CN(C)S(=O)(=O)C[C@@H]1CN(C(=O)/C=C/c2ccccc2)C[C@@H]1O. The van der Waals surface area contributed by atoms with Crippen LogP contribution in [0, 0.1) is 5.92 Å². The van der Waals surface area contributed by atoms with Crippen LogP contribution >= 0.6 is 0 Å². The summed E-state index contributed by atoms with van der Waals surface area (Å²) in [5.41, 5.74) is 0.910. The largest absolute Gasteiger partial charge is 0.391 e. The van der Waals surface area contributed by atoms with E-state index in [1.807, 2.05) is 30.3 Å². The molecule has 0 bridgehead atoms. The number of aliphatic hydroxyl groups is 1. The van der Waals surface area contributed by atoms with Crippen LogP contribution in [0.1, 0.15) is 5.56 Å². The van der Waals surface area contributed by atoms with Crippen molar-refractivity contribution < 1.29 is 18.3 Å². The molecule has 1 aliphatic rings. The van der Waals surface area contributed by atoms with Gasteiger partial charge in [0.2, 0.25) is 15.9 Å². The standard InChI is InChI=1S/C16H22N2O4S/c1-17(2)23(21,22)12-14-10-18(11-15(14)19)16(20)9-8-13-6-4-3-5-7-13/h3-9,14-15,19H,10-12H2,1-2H3/b9-8+/t14-,15-/m0/s1. The van der Waals surface area contributed by atoms with Crippen LogP contribution in [0.3, 0.4) is 0 Å². The Morgan fingerprint density at radius 1 is 1.30 bits per heavy atom. The first kappa shape index (κ1) is 17.7. The molecule has 1 heterocycles. The third-order valence-electron chi connectivity index (χ3n) is 3.92. The summed E-state index contributed by atoms with van der Waals surface area (Å²) in [6, 6.07) is 9.42. The van der Waals surface area contributed by atoms with Crippen LogP contribution in [0.25, 0.3) is 6.08 Å². The molecule has 2 rings (SSSR count). The van der Waals surface area contributed by atoms with E-state index in [4.69, 9.17) is 0 Å². The number of rotatable bonds is 5. The van der Waals surface area contributed by atoms with Gasteiger partial charge < -0.3 is 10.0 Å². The van der Waals surface area contributed by atoms with Crippen LogP contribution < -0.4 is 0 Å². The second-order valence-corrected chi connectivity index (χ2v) is 8.10. The third kappa shape index (κ3) is 4.63. The minimum atomic E-state index is -3.40. The van der Waals surface area contributed by atoms with Gasteiger partial charge in [-0.3, -0.25) is 4.79 Å². The Kier molecular flexibility index (Phi) is 5.56. The summed E-state index contributed by atoms with van der Waals surface area (Å²) in [7, 11) is -0.481. The molecule has 2 atom stereocenters.